The molecule has 20 heavy (non-hydrogen) atoms. The highest BCUT2D eigenvalue weighted by molar-refractivity contribution is 5.80. The lowest BCUT2D eigenvalue weighted by atomic mass is 10.2. The SMILES string of the molecule is CC(=O)NCCNC(=O)CCn1ccc2ccccc21. The average Bonchev–Trinajstić information content (AvgIpc) is 2.84. The van der Waals surface area contributed by atoms with E-state index in [4.69, 9.17) is 0 Å². The fourth-order valence-corrected chi connectivity index (χ4v) is 2.09. The Balaban J connectivity index is 1.77. The zero-order valence-corrected chi connectivity index (χ0v) is 11.6. The van der Waals surface area contributed by atoms with Gasteiger partial charge < -0.3 is 15.2 Å². The van der Waals surface area contributed by atoms with Crippen molar-refractivity contribution < 1.29 is 9.59 Å². The van der Waals surface area contributed by atoms with Crippen molar-refractivity contribution in [3.63, 3.8) is 0 Å². The van der Waals surface area contributed by atoms with E-state index in [1.165, 1.54) is 12.3 Å². The number of amides is 2. The van der Waals surface area contributed by atoms with Gasteiger partial charge in [0.15, 0.2) is 0 Å². The van der Waals surface area contributed by atoms with Crippen LogP contribution in [0.1, 0.15) is 13.3 Å². The number of carbonyl (C=O) groups is 2. The van der Waals surface area contributed by atoms with Crippen molar-refractivity contribution in [2.45, 2.75) is 19.9 Å². The summed E-state index contributed by atoms with van der Waals surface area (Å²) in [4.78, 5) is 22.3. The molecule has 0 spiro atoms. The molecule has 0 saturated heterocycles. The van der Waals surface area contributed by atoms with Gasteiger partial charge in [0.25, 0.3) is 0 Å². The quantitative estimate of drug-likeness (QED) is 0.779. The largest absolute Gasteiger partial charge is 0.355 e. The summed E-state index contributed by atoms with van der Waals surface area (Å²) in [6.07, 6.45) is 2.42. The van der Waals surface area contributed by atoms with Crippen molar-refractivity contribution in [3.05, 3.63) is 36.5 Å². The van der Waals surface area contributed by atoms with Crippen LogP contribution in [0.5, 0.6) is 0 Å². The van der Waals surface area contributed by atoms with Crippen molar-refractivity contribution in [1.29, 1.82) is 0 Å². The van der Waals surface area contributed by atoms with Crippen molar-refractivity contribution in [3.8, 4) is 0 Å². The Morgan fingerprint density at radius 1 is 1.10 bits per heavy atom. The molecule has 2 rings (SSSR count). The third-order valence-electron chi connectivity index (χ3n) is 3.08. The van der Waals surface area contributed by atoms with Crippen molar-refractivity contribution in [1.82, 2.24) is 15.2 Å². The second-order valence-electron chi connectivity index (χ2n) is 4.65. The van der Waals surface area contributed by atoms with Gasteiger partial charge in [-0.15, -0.1) is 0 Å². The van der Waals surface area contributed by atoms with Gasteiger partial charge >= 0.3 is 0 Å². The van der Waals surface area contributed by atoms with Crippen LogP contribution in [0.15, 0.2) is 36.5 Å². The van der Waals surface area contributed by atoms with Gasteiger partial charge in [-0.2, -0.15) is 0 Å². The van der Waals surface area contributed by atoms with Gasteiger partial charge in [-0.3, -0.25) is 9.59 Å². The lowest BCUT2D eigenvalue weighted by Crippen LogP contribution is -2.33. The van der Waals surface area contributed by atoms with Crippen LogP contribution in [-0.4, -0.2) is 29.5 Å². The highest BCUT2D eigenvalue weighted by Crippen LogP contribution is 2.15. The van der Waals surface area contributed by atoms with E-state index < -0.39 is 0 Å². The van der Waals surface area contributed by atoms with Crippen LogP contribution in [0.4, 0.5) is 0 Å². The molecule has 0 bridgehead atoms. The number of carbonyl (C=O) groups excluding carboxylic acids is 2. The first-order valence-electron chi connectivity index (χ1n) is 6.72. The molecular formula is C15H19N3O2. The Bertz CT molecular complexity index is 604. The lowest BCUT2D eigenvalue weighted by Gasteiger charge is -2.07. The second kappa shape index (κ2) is 6.75. The van der Waals surface area contributed by atoms with Crippen LogP contribution in [0, 0.1) is 0 Å². The number of benzene rings is 1. The minimum Gasteiger partial charge on any atom is -0.355 e. The summed E-state index contributed by atoms with van der Waals surface area (Å²) in [5, 5.41) is 6.60. The number of para-hydroxylation sites is 1. The third kappa shape index (κ3) is 3.85. The predicted molar refractivity (Wildman–Crippen MR) is 78.2 cm³/mol. The van der Waals surface area contributed by atoms with Crippen LogP contribution < -0.4 is 10.6 Å². The summed E-state index contributed by atoms with van der Waals surface area (Å²) in [5.41, 5.74) is 1.14. The molecular weight excluding hydrogens is 254 g/mol. The second-order valence-corrected chi connectivity index (χ2v) is 4.65. The molecule has 0 aliphatic carbocycles. The predicted octanol–water partition coefficient (Wildman–Crippen LogP) is 1.28. The summed E-state index contributed by atoms with van der Waals surface area (Å²) in [6, 6.07) is 10.1. The van der Waals surface area contributed by atoms with E-state index in [-0.39, 0.29) is 11.8 Å². The molecule has 5 nitrogen and oxygen atoms in total. The number of aromatic nitrogens is 1. The zero-order valence-electron chi connectivity index (χ0n) is 11.6. The first-order chi connectivity index (χ1) is 9.66. The Kier molecular flexibility index (Phi) is 4.76. The number of hydrogen-bond donors (Lipinski definition) is 2. The van der Waals surface area contributed by atoms with Gasteiger partial charge in [-0.25, -0.2) is 0 Å². The molecule has 1 aromatic heterocycles. The Morgan fingerprint density at radius 3 is 2.65 bits per heavy atom. The van der Waals surface area contributed by atoms with Crippen LogP contribution in [0.3, 0.4) is 0 Å². The zero-order chi connectivity index (χ0) is 14.4. The Morgan fingerprint density at radius 2 is 1.85 bits per heavy atom. The van der Waals surface area contributed by atoms with Gasteiger partial charge in [-0.05, 0) is 17.5 Å². The molecule has 0 radical (unpaired) electrons. The molecule has 0 aliphatic heterocycles. The van der Waals surface area contributed by atoms with Gasteiger partial charge in [0, 0.05) is 44.7 Å². The Labute approximate surface area is 118 Å². The van der Waals surface area contributed by atoms with Crippen molar-refractivity contribution >= 4 is 22.7 Å². The highest BCUT2D eigenvalue weighted by Gasteiger charge is 2.04. The number of hydrogen-bond acceptors (Lipinski definition) is 2. The molecule has 0 aliphatic rings. The molecule has 0 fully saturated rings. The van der Waals surface area contributed by atoms with Crippen LogP contribution in [0.2, 0.25) is 0 Å². The Hall–Kier alpha value is -2.30. The molecule has 1 aromatic carbocycles. The molecule has 0 atom stereocenters. The topological polar surface area (TPSA) is 63.1 Å². The minimum atomic E-state index is -0.0851. The van der Waals surface area contributed by atoms with Crippen LogP contribution in [-0.2, 0) is 16.1 Å². The van der Waals surface area contributed by atoms with Gasteiger partial charge in [0.1, 0.15) is 0 Å². The summed E-state index contributed by atoms with van der Waals surface area (Å²) in [6.45, 7) is 3.04. The van der Waals surface area contributed by atoms with Crippen LogP contribution >= 0.6 is 0 Å². The number of rotatable bonds is 6. The minimum absolute atomic E-state index is 0.00636. The maximum atomic E-state index is 11.7. The van der Waals surface area contributed by atoms with E-state index in [9.17, 15) is 9.59 Å². The molecule has 5 heteroatoms. The van der Waals surface area contributed by atoms with Crippen LogP contribution in [0.25, 0.3) is 10.9 Å². The summed E-state index contributed by atoms with van der Waals surface area (Å²) in [5.74, 6) is -0.0915. The summed E-state index contributed by atoms with van der Waals surface area (Å²) < 4.78 is 2.07. The summed E-state index contributed by atoms with van der Waals surface area (Å²) in [7, 11) is 0. The molecule has 0 saturated carbocycles. The number of aryl methyl sites for hydroxylation is 1. The molecule has 2 aromatic rings. The van der Waals surface area contributed by atoms with E-state index in [1.807, 2.05) is 30.5 Å². The fourth-order valence-electron chi connectivity index (χ4n) is 2.09. The van der Waals surface area contributed by atoms with Gasteiger partial charge in [0.2, 0.25) is 11.8 Å². The van der Waals surface area contributed by atoms with Crippen molar-refractivity contribution in [2.24, 2.45) is 0 Å². The highest BCUT2D eigenvalue weighted by atomic mass is 16.2. The number of nitrogens with zero attached hydrogens (tertiary/aromatic N) is 1. The molecule has 106 valence electrons. The average molecular weight is 273 g/mol. The first-order valence-corrected chi connectivity index (χ1v) is 6.72. The molecule has 2 N–H and O–H groups in total. The number of nitrogens with one attached hydrogen (secondary N) is 2. The fraction of sp³-hybridized carbons (Fsp3) is 0.333. The van der Waals surface area contributed by atoms with Gasteiger partial charge in [0.05, 0.1) is 0 Å². The normalized spacial score (nSPS) is 10.4. The van der Waals surface area contributed by atoms with E-state index >= 15 is 0 Å². The van der Waals surface area contributed by atoms with E-state index in [0.29, 0.717) is 26.1 Å². The maximum absolute atomic E-state index is 11.7. The van der Waals surface area contributed by atoms with E-state index in [0.717, 1.165) is 5.52 Å². The maximum Gasteiger partial charge on any atom is 0.221 e. The molecule has 1 heterocycles. The first kappa shape index (κ1) is 14.1. The van der Waals surface area contributed by atoms with E-state index in [1.54, 1.807) is 0 Å². The van der Waals surface area contributed by atoms with E-state index in [2.05, 4.69) is 21.3 Å². The summed E-state index contributed by atoms with van der Waals surface area (Å²) >= 11 is 0. The smallest absolute Gasteiger partial charge is 0.221 e. The monoisotopic (exact) mass is 273 g/mol. The number of fused-ring (bicyclic) bond motifs is 1. The molecule has 2 amide bonds. The van der Waals surface area contributed by atoms with Gasteiger partial charge in [-0.1, -0.05) is 18.2 Å². The lowest BCUT2D eigenvalue weighted by molar-refractivity contribution is -0.122. The molecule has 0 unspecified atom stereocenters. The standard InChI is InChI=1S/C15H19N3O2/c1-12(19)16-8-9-17-15(20)7-11-18-10-6-13-4-2-3-5-14(13)18/h2-6,10H,7-9,11H2,1H3,(H,16,19)(H,17,20). The van der Waals surface area contributed by atoms with Crippen molar-refractivity contribution in [2.75, 3.05) is 13.1 Å². The third-order valence-corrected chi connectivity index (χ3v) is 3.08.